The average molecular weight is 390 g/mol. The molecule has 1 aliphatic heterocycles. The lowest BCUT2D eigenvalue weighted by Crippen LogP contribution is -2.50. The average Bonchev–Trinajstić information content (AvgIpc) is 2.66. The molecule has 0 aromatic heterocycles. The van der Waals surface area contributed by atoms with Crippen LogP contribution in [0.3, 0.4) is 0 Å². The molecule has 0 aliphatic carbocycles. The molecule has 0 saturated carbocycles. The molecule has 1 fully saturated rings. The molecular weight excluding hydrogens is 367 g/mol. The van der Waals surface area contributed by atoms with Crippen LogP contribution in [0.2, 0.25) is 0 Å². The summed E-state index contributed by atoms with van der Waals surface area (Å²) in [4.78, 5) is 13.8. The monoisotopic (exact) mass is 390 g/mol. The van der Waals surface area contributed by atoms with E-state index in [1.54, 1.807) is 4.90 Å². The van der Waals surface area contributed by atoms with Crippen molar-refractivity contribution in [3.8, 4) is 0 Å². The third kappa shape index (κ3) is 4.54. The zero-order chi connectivity index (χ0) is 19.4. The van der Waals surface area contributed by atoms with Crippen molar-refractivity contribution < 1.29 is 17.6 Å². The zero-order valence-electron chi connectivity index (χ0n) is 15.3. The number of rotatable bonds is 5. The SMILES string of the molecule is Cc1cccc(CCC(=O)N2CCN(S(=O)(=O)c3ccccc3F)CC2)c1. The van der Waals surface area contributed by atoms with Gasteiger partial charge in [0.2, 0.25) is 15.9 Å². The third-order valence-electron chi connectivity index (χ3n) is 4.76. The molecule has 0 unspecified atom stereocenters. The van der Waals surface area contributed by atoms with E-state index in [2.05, 4.69) is 6.07 Å². The minimum absolute atomic E-state index is 0.0134. The Morgan fingerprint density at radius 1 is 1.04 bits per heavy atom. The summed E-state index contributed by atoms with van der Waals surface area (Å²) in [7, 11) is -3.88. The van der Waals surface area contributed by atoms with E-state index < -0.39 is 15.8 Å². The highest BCUT2D eigenvalue weighted by Gasteiger charge is 2.31. The molecule has 144 valence electrons. The first-order chi connectivity index (χ1) is 12.9. The van der Waals surface area contributed by atoms with Gasteiger partial charge in [-0.15, -0.1) is 0 Å². The van der Waals surface area contributed by atoms with Crippen LogP contribution in [0, 0.1) is 12.7 Å². The van der Waals surface area contributed by atoms with Gasteiger partial charge in [-0.3, -0.25) is 4.79 Å². The summed E-state index contributed by atoms with van der Waals surface area (Å²) in [6.07, 6.45) is 1.05. The second-order valence-corrected chi connectivity index (χ2v) is 8.61. The van der Waals surface area contributed by atoms with E-state index in [1.807, 2.05) is 25.1 Å². The Hall–Kier alpha value is -2.25. The maximum Gasteiger partial charge on any atom is 0.246 e. The lowest BCUT2D eigenvalue weighted by atomic mass is 10.1. The predicted molar refractivity (Wildman–Crippen MR) is 101 cm³/mol. The fourth-order valence-corrected chi connectivity index (χ4v) is 4.74. The van der Waals surface area contributed by atoms with Crippen LogP contribution in [0.15, 0.2) is 53.4 Å². The molecule has 0 N–H and O–H groups in total. The number of piperazine rings is 1. The van der Waals surface area contributed by atoms with Crippen molar-refractivity contribution in [2.75, 3.05) is 26.2 Å². The summed E-state index contributed by atoms with van der Waals surface area (Å²) in [6, 6.07) is 13.4. The maximum atomic E-state index is 13.9. The molecule has 7 heteroatoms. The first-order valence-corrected chi connectivity index (χ1v) is 10.4. The summed E-state index contributed by atoms with van der Waals surface area (Å²) in [6.45, 7) is 3.00. The van der Waals surface area contributed by atoms with E-state index in [1.165, 1.54) is 22.5 Å². The van der Waals surface area contributed by atoms with Crippen molar-refractivity contribution in [1.29, 1.82) is 0 Å². The van der Waals surface area contributed by atoms with Crippen LogP contribution >= 0.6 is 0 Å². The number of carbonyl (C=O) groups excluding carboxylic acids is 1. The van der Waals surface area contributed by atoms with Crippen molar-refractivity contribution in [2.45, 2.75) is 24.7 Å². The maximum absolute atomic E-state index is 13.9. The summed E-state index contributed by atoms with van der Waals surface area (Å²) in [5.74, 6) is -0.742. The van der Waals surface area contributed by atoms with Gasteiger partial charge in [-0.05, 0) is 31.0 Å². The fourth-order valence-electron chi connectivity index (χ4n) is 3.25. The highest BCUT2D eigenvalue weighted by atomic mass is 32.2. The molecule has 2 aromatic rings. The number of nitrogens with zero attached hydrogens (tertiary/aromatic N) is 2. The van der Waals surface area contributed by atoms with Crippen molar-refractivity contribution in [1.82, 2.24) is 9.21 Å². The van der Waals surface area contributed by atoms with E-state index in [4.69, 9.17) is 0 Å². The van der Waals surface area contributed by atoms with Crippen LogP contribution in [-0.2, 0) is 21.2 Å². The van der Waals surface area contributed by atoms with Gasteiger partial charge < -0.3 is 4.90 Å². The molecule has 0 radical (unpaired) electrons. The molecule has 3 rings (SSSR count). The van der Waals surface area contributed by atoms with E-state index in [0.29, 0.717) is 25.9 Å². The lowest BCUT2D eigenvalue weighted by molar-refractivity contribution is -0.132. The Kier molecular flexibility index (Phi) is 5.92. The Labute approximate surface area is 159 Å². The molecule has 1 aliphatic rings. The summed E-state index contributed by atoms with van der Waals surface area (Å²) in [5.41, 5.74) is 2.27. The molecule has 0 bridgehead atoms. The smallest absolute Gasteiger partial charge is 0.246 e. The van der Waals surface area contributed by atoms with E-state index in [9.17, 15) is 17.6 Å². The molecule has 5 nitrogen and oxygen atoms in total. The Balaban J connectivity index is 1.57. The minimum atomic E-state index is -3.88. The minimum Gasteiger partial charge on any atom is -0.340 e. The van der Waals surface area contributed by atoms with Gasteiger partial charge in [0.15, 0.2) is 0 Å². The number of aryl methyl sites for hydroxylation is 2. The van der Waals surface area contributed by atoms with Gasteiger partial charge in [-0.25, -0.2) is 12.8 Å². The fraction of sp³-hybridized carbons (Fsp3) is 0.350. The largest absolute Gasteiger partial charge is 0.340 e. The molecule has 0 spiro atoms. The standard InChI is InChI=1S/C20H23FN2O3S/c1-16-5-4-6-17(15-16)9-10-20(24)22-11-13-23(14-12-22)27(25,26)19-8-3-2-7-18(19)21/h2-8,15H,9-14H2,1H3. The van der Waals surface area contributed by atoms with E-state index in [0.717, 1.165) is 17.2 Å². The van der Waals surface area contributed by atoms with Gasteiger partial charge in [0.25, 0.3) is 0 Å². The molecule has 0 atom stereocenters. The van der Waals surface area contributed by atoms with Gasteiger partial charge in [-0.2, -0.15) is 4.31 Å². The van der Waals surface area contributed by atoms with Crippen molar-refractivity contribution >= 4 is 15.9 Å². The van der Waals surface area contributed by atoms with Crippen molar-refractivity contribution in [3.63, 3.8) is 0 Å². The number of benzene rings is 2. The summed E-state index contributed by atoms with van der Waals surface area (Å²) < 4.78 is 40.3. The van der Waals surface area contributed by atoms with Gasteiger partial charge in [0.1, 0.15) is 10.7 Å². The van der Waals surface area contributed by atoms with Gasteiger partial charge in [-0.1, -0.05) is 42.0 Å². The van der Waals surface area contributed by atoms with Crippen LogP contribution in [0.1, 0.15) is 17.5 Å². The van der Waals surface area contributed by atoms with Gasteiger partial charge in [0.05, 0.1) is 0 Å². The molecule has 1 saturated heterocycles. The molecule has 27 heavy (non-hydrogen) atoms. The number of carbonyl (C=O) groups is 1. The van der Waals surface area contributed by atoms with Crippen LogP contribution in [0.25, 0.3) is 0 Å². The molecular formula is C20H23FN2O3S. The quantitative estimate of drug-likeness (QED) is 0.789. The molecule has 1 heterocycles. The number of sulfonamides is 1. The van der Waals surface area contributed by atoms with Crippen LogP contribution in [0.5, 0.6) is 0 Å². The highest BCUT2D eigenvalue weighted by molar-refractivity contribution is 7.89. The number of hydrogen-bond acceptors (Lipinski definition) is 3. The van der Waals surface area contributed by atoms with Gasteiger partial charge in [0, 0.05) is 32.6 Å². The summed E-state index contributed by atoms with van der Waals surface area (Å²) in [5, 5.41) is 0. The van der Waals surface area contributed by atoms with Gasteiger partial charge >= 0.3 is 0 Å². The van der Waals surface area contributed by atoms with Crippen LogP contribution in [-0.4, -0.2) is 49.7 Å². The predicted octanol–water partition coefficient (Wildman–Crippen LogP) is 2.60. The van der Waals surface area contributed by atoms with Crippen LogP contribution < -0.4 is 0 Å². The van der Waals surface area contributed by atoms with Crippen LogP contribution in [0.4, 0.5) is 4.39 Å². The first-order valence-electron chi connectivity index (χ1n) is 8.96. The normalized spacial score (nSPS) is 15.7. The second kappa shape index (κ2) is 8.19. The zero-order valence-corrected chi connectivity index (χ0v) is 16.1. The topological polar surface area (TPSA) is 57.7 Å². The van der Waals surface area contributed by atoms with Crippen molar-refractivity contribution in [2.24, 2.45) is 0 Å². The third-order valence-corrected chi connectivity index (χ3v) is 6.69. The van der Waals surface area contributed by atoms with Crippen molar-refractivity contribution in [3.05, 3.63) is 65.5 Å². The Morgan fingerprint density at radius 3 is 2.41 bits per heavy atom. The molecule has 1 amide bonds. The summed E-state index contributed by atoms with van der Waals surface area (Å²) >= 11 is 0. The lowest BCUT2D eigenvalue weighted by Gasteiger charge is -2.34. The Bertz CT molecular complexity index is 922. The molecule has 2 aromatic carbocycles. The Morgan fingerprint density at radius 2 is 1.74 bits per heavy atom. The number of amides is 1. The number of halogens is 1. The van der Waals surface area contributed by atoms with E-state index >= 15 is 0 Å². The van der Waals surface area contributed by atoms with E-state index in [-0.39, 0.29) is 23.9 Å². The first kappa shape index (κ1) is 19.5. The second-order valence-electron chi connectivity index (χ2n) is 6.70. The highest BCUT2D eigenvalue weighted by Crippen LogP contribution is 2.20. The number of hydrogen-bond donors (Lipinski definition) is 0.